The van der Waals surface area contributed by atoms with Gasteiger partial charge in [0, 0.05) is 38.7 Å². The van der Waals surface area contributed by atoms with E-state index in [9.17, 15) is 9.59 Å². The Morgan fingerprint density at radius 2 is 1.79 bits per heavy atom. The van der Waals surface area contributed by atoms with E-state index in [-0.39, 0.29) is 17.2 Å². The van der Waals surface area contributed by atoms with Crippen LogP contribution in [0.15, 0.2) is 28.8 Å². The smallest absolute Gasteiger partial charge is 0.259 e. The second kappa shape index (κ2) is 10.6. The van der Waals surface area contributed by atoms with Crippen molar-refractivity contribution in [3.63, 3.8) is 0 Å². The maximum atomic E-state index is 13.1. The molecular weight excluding hydrogens is 434 g/mol. The van der Waals surface area contributed by atoms with Crippen molar-refractivity contribution in [2.45, 2.75) is 46.0 Å². The van der Waals surface area contributed by atoms with Crippen LogP contribution in [0, 0.1) is 19.3 Å². The highest BCUT2D eigenvalue weighted by Crippen LogP contribution is 2.38. The van der Waals surface area contributed by atoms with Crippen molar-refractivity contribution in [3.05, 3.63) is 46.8 Å². The van der Waals surface area contributed by atoms with Gasteiger partial charge in [0.05, 0.1) is 24.5 Å². The number of carbonyl (C=O) groups is 2. The van der Waals surface area contributed by atoms with E-state index in [0.717, 1.165) is 32.1 Å². The summed E-state index contributed by atoms with van der Waals surface area (Å²) < 4.78 is 17.3. The van der Waals surface area contributed by atoms with Crippen molar-refractivity contribution in [2.24, 2.45) is 5.41 Å². The number of likely N-dealkylation sites (tertiary alicyclic amines) is 1. The van der Waals surface area contributed by atoms with E-state index >= 15 is 0 Å². The molecule has 0 saturated carbocycles. The Kier molecular flexibility index (Phi) is 7.56. The third-order valence-corrected chi connectivity index (χ3v) is 7.17. The van der Waals surface area contributed by atoms with E-state index in [1.54, 1.807) is 25.8 Å². The fourth-order valence-electron chi connectivity index (χ4n) is 4.91. The number of benzene rings is 1. The summed E-state index contributed by atoms with van der Waals surface area (Å²) in [4.78, 5) is 29.7. The molecular formula is C26H35N3O5. The Morgan fingerprint density at radius 3 is 2.53 bits per heavy atom. The SMILES string of the molecule is Cc1noc(C)c1C(=O)N1CCC2(CCCCOCCN(C)C(=O)c3ccccc3OC2)CC1. The lowest BCUT2D eigenvalue weighted by Gasteiger charge is -2.42. The summed E-state index contributed by atoms with van der Waals surface area (Å²) >= 11 is 0. The quantitative estimate of drug-likeness (QED) is 0.630. The average Bonchev–Trinajstić information content (AvgIpc) is 3.19. The van der Waals surface area contributed by atoms with E-state index in [1.165, 1.54) is 0 Å². The van der Waals surface area contributed by atoms with Crippen LogP contribution in [0.2, 0.25) is 0 Å². The van der Waals surface area contributed by atoms with Gasteiger partial charge in [-0.2, -0.15) is 0 Å². The van der Waals surface area contributed by atoms with Crippen LogP contribution in [-0.2, 0) is 4.74 Å². The molecule has 3 heterocycles. The Balaban J connectivity index is 1.50. The van der Waals surface area contributed by atoms with Crippen molar-refractivity contribution in [3.8, 4) is 5.75 Å². The van der Waals surface area contributed by atoms with Gasteiger partial charge >= 0.3 is 0 Å². The van der Waals surface area contributed by atoms with Crippen LogP contribution in [0.4, 0.5) is 0 Å². The zero-order valence-electron chi connectivity index (χ0n) is 20.5. The molecule has 4 rings (SSSR count). The number of hydrogen-bond acceptors (Lipinski definition) is 6. The molecule has 0 aliphatic carbocycles. The molecule has 2 amide bonds. The maximum absolute atomic E-state index is 13.1. The molecule has 1 fully saturated rings. The first-order valence-corrected chi connectivity index (χ1v) is 12.2. The van der Waals surface area contributed by atoms with Crippen molar-refractivity contribution >= 4 is 11.8 Å². The van der Waals surface area contributed by atoms with Gasteiger partial charge in [0.15, 0.2) is 0 Å². The first kappa shape index (κ1) is 24.3. The molecule has 0 unspecified atom stereocenters. The van der Waals surface area contributed by atoms with Crippen LogP contribution < -0.4 is 4.74 Å². The van der Waals surface area contributed by atoms with E-state index in [2.05, 4.69) is 5.16 Å². The molecule has 8 heteroatoms. The fraction of sp³-hybridized carbons (Fsp3) is 0.577. The van der Waals surface area contributed by atoms with Gasteiger partial charge < -0.3 is 23.8 Å². The lowest BCUT2D eigenvalue weighted by atomic mass is 9.75. The molecule has 1 spiro atoms. The van der Waals surface area contributed by atoms with Crippen molar-refractivity contribution < 1.29 is 23.6 Å². The molecule has 2 aliphatic heterocycles. The average molecular weight is 470 g/mol. The predicted molar refractivity (Wildman–Crippen MR) is 127 cm³/mol. The van der Waals surface area contributed by atoms with Gasteiger partial charge in [-0.25, -0.2) is 0 Å². The number of ether oxygens (including phenoxy) is 2. The van der Waals surface area contributed by atoms with Gasteiger partial charge in [-0.05, 0) is 51.7 Å². The van der Waals surface area contributed by atoms with E-state index in [0.29, 0.717) is 67.8 Å². The van der Waals surface area contributed by atoms with Crippen LogP contribution >= 0.6 is 0 Å². The van der Waals surface area contributed by atoms with Gasteiger partial charge in [0.1, 0.15) is 17.1 Å². The zero-order valence-corrected chi connectivity index (χ0v) is 20.5. The van der Waals surface area contributed by atoms with Crippen LogP contribution in [0.5, 0.6) is 5.75 Å². The fourth-order valence-corrected chi connectivity index (χ4v) is 4.91. The molecule has 0 N–H and O–H groups in total. The minimum atomic E-state index is -0.0646. The Labute approximate surface area is 201 Å². The molecule has 184 valence electrons. The highest BCUT2D eigenvalue weighted by atomic mass is 16.5. The normalized spacial score (nSPS) is 19.9. The Morgan fingerprint density at radius 1 is 1.03 bits per heavy atom. The molecule has 2 aliphatic rings. The number of fused-ring (bicyclic) bond motifs is 1. The number of hydrogen-bond donors (Lipinski definition) is 0. The van der Waals surface area contributed by atoms with E-state index < -0.39 is 0 Å². The predicted octanol–water partition coefficient (Wildman–Crippen LogP) is 3.87. The summed E-state index contributed by atoms with van der Waals surface area (Å²) in [6.07, 6.45) is 4.70. The first-order chi connectivity index (χ1) is 16.4. The largest absolute Gasteiger partial charge is 0.492 e. The first-order valence-electron chi connectivity index (χ1n) is 12.2. The summed E-state index contributed by atoms with van der Waals surface area (Å²) in [6, 6.07) is 7.45. The number of aryl methyl sites for hydroxylation is 2. The molecule has 1 aromatic heterocycles. The third-order valence-electron chi connectivity index (χ3n) is 7.17. The number of likely N-dealkylation sites (N-methyl/N-ethyl adjacent to an activating group) is 1. The summed E-state index contributed by atoms with van der Waals surface area (Å²) in [7, 11) is 1.79. The van der Waals surface area contributed by atoms with E-state index in [4.69, 9.17) is 14.0 Å². The highest BCUT2D eigenvalue weighted by molar-refractivity contribution is 5.97. The number of aromatic nitrogens is 1. The molecule has 1 aromatic carbocycles. The standard InChI is InChI=1S/C26H35N3O5/c1-19-23(20(2)34-27-19)25(31)29-13-11-26(12-14-29)10-6-7-16-32-17-15-28(3)24(30)21-8-4-5-9-22(21)33-18-26/h4-5,8-9H,6-7,10-18H2,1-3H3. The second-order valence-electron chi connectivity index (χ2n) is 9.57. The topological polar surface area (TPSA) is 85.1 Å². The number of carbonyl (C=O) groups excluding carboxylic acids is 2. The van der Waals surface area contributed by atoms with Gasteiger partial charge in [0.25, 0.3) is 11.8 Å². The van der Waals surface area contributed by atoms with Gasteiger partial charge in [-0.15, -0.1) is 0 Å². The minimum absolute atomic E-state index is 0.0136. The number of amides is 2. The lowest BCUT2D eigenvalue weighted by Crippen LogP contribution is -2.46. The minimum Gasteiger partial charge on any atom is -0.492 e. The van der Waals surface area contributed by atoms with Gasteiger partial charge in [-0.1, -0.05) is 23.7 Å². The maximum Gasteiger partial charge on any atom is 0.259 e. The molecule has 34 heavy (non-hydrogen) atoms. The molecule has 0 radical (unpaired) electrons. The zero-order chi connectivity index (χ0) is 24.1. The van der Waals surface area contributed by atoms with Crippen molar-refractivity contribution in [1.29, 1.82) is 0 Å². The van der Waals surface area contributed by atoms with Crippen molar-refractivity contribution in [1.82, 2.24) is 15.0 Å². The van der Waals surface area contributed by atoms with Crippen LogP contribution in [0.3, 0.4) is 0 Å². The monoisotopic (exact) mass is 469 g/mol. The van der Waals surface area contributed by atoms with Crippen molar-refractivity contribution in [2.75, 3.05) is 46.5 Å². The van der Waals surface area contributed by atoms with Crippen LogP contribution in [-0.4, -0.2) is 73.3 Å². The van der Waals surface area contributed by atoms with Crippen LogP contribution in [0.25, 0.3) is 0 Å². The second-order valence-corrected chi connectivity index (χ2v) is 9.57. The summed E-state index contributed by atoms with van der Waals surface area (Å²) in [6.45, 7) is 7.18. The van der Waals surface area contributed by atoms with Crippen LogP contribution in [0.1, 0.15) is 64.3 Å². The number of piperidine rings is 1. The lowest BCUT2D eigenvalue weighted by molar-refractivity contribution is 0.0327. The molecule has 8 nitrogen and oxygen atoms in total. The number of para-hydroxylation sites is 1. The Bertz CT molecular complexity index is 990. The Hall–Kier alpha value is -2.87. The summed E-state index contributed by atoms with van der Waals surface area (Å²) in [5, 5.41) is 3.94. The number of nitrogens with zero attached hydrogens (tertiary/aromatic N) is 3. The number of rotatable bonds is 1. The molecule has 0 bridgehead atoms. The summed E-state index contributed by atoms with van der Waals surface area (Å²) in [5.74, 6) is 1.10. The molecule has 1 saturated heterocycles. The summed E-state index contributed by atoms with van der Waals surface area (Å²) in [5.41, 5.74) is 1.73. The van der Waals surface area contributed by atoms with Gasteiger partial charge in [-0.3, -0.25) is 9.59 Å². The van der Waals surface area contributed by atoms with E-state index in [1.807, 2.05) is 29.2 Å². The highest BCUT2D eigenvalue weighted by Gasteiger charge is 2.38. The molecule has 0 atom stereocenters. The van der Waals surface area contributed by atoms with Gasteiger partial charge in [0.2, 0.25) is 0 Å². The molecule has 2 aromatic rings. The third kappa shape index (κ3) is 5.27.